The van der Waals surface area contributed by atoms with Crippen molar-refractivity contribution in [3.05, 3.63) is 16.3 Å². The monoisotopic (exact) mass is 353 g/mol. The number of carboxylic acids is 1. The topological polar surface area (TPSA) is 122 Å². The van der Waals surface area contributed by atoms with E-state index in [9.17, 15) is 14.7 Å². The summed E-state index contributed by atoms with van der Waals surface area (Å²) in [5.41, 5.74) is -1.29. The first-order valence-corrected chi connectivity index (χ1v) is 8.13. The van der Waals surface area contributed by atoms with Gasteiger partial charge in [-0.2, -0.15) is 0 Å². The van der Waals surface area contributed by atoms with E-state index in [-0.39, 0.29) is 13.2 Å². The highest BCUT2D eigenvalue weighted by atomic mass is 32.1. The van der Waals surface area contributed by atoms with E-state index in [0.29, 0.717) is 32.3 Å². The maximum absolute atomic E-state index is 12.0. The van der Waals surface area contributed by atoms with Crippen LogP contribution in [0.2, 0.25) is 0 Å². The predicted molar refractivity (Wildman–Crippen MR) is 89.6 cm³/mol. The minimum absolute atomic E-state index is 0.238. The molecule has 0 spiro atoms. The maximum atomic E-state index is 12.0. The third kappa shape index (κ3) is 3.46. The molecule has 0 radical (unpaired) electrons. The second-order valence-corrected chi connectivity index (χ2v) is 6.51. The number of ether oxygens (including phenoxy) is 1. The van der Waals surface area contributed by atoms with Gasteiger partial charge in [-0.05, 0) is 33.3 Å². The number of carbonyl (C=O) groups is 2. The largest absolute Gasteiger partial charge is 0.479 e. The van der Waals surface area contributed by atoms with Crippen LogP contribution in [0.15, 0.2) is 0 Å². The zero-order valence-electron chi connectivity index (χ0n) is 13.8. The number of esters is 1. The summed E-state index contributed by atoms with van der Waals surface area (Å²) in [6, 6.07) is 0. The average molecular weight is 353 g/mol. The number of thiophene rings is 1. The number of hydrogen-bond acceptors (Lipinski definition) is 8. The van der Waals surface area contributed by atoms with E-state index < -0.39 is 17.5 Å². The molecule has 0 aliphatic heterocycles. The first kappa shape index (κ1) is 18.1. The van der Waals surface area contributed by atoms with E-state index in [0.717, 1.165) is 0 Å². The van der Waals surface area contributed by atoms with Crippen molar-refractivity contribution in [3.63, 3.8) is 0 Å². The number of hydrogen-bond donors (Lipinski definition) is 3. The molecule has 0 fully saturated rings. The number of aryl methyl sites for hydroxylation is 2. The zero-order chi connectivity index (χ0) is 18.1. The number of carbonyl (C=O) groups excluding carboxylic acids is 1. The minimum Gasteiger partial charge on any atom is -0.479 e. The van der Waals surface area contributed by atoms with Crippen LogP contribution in [0, 0.1) is 13.8 Å². The number of aliphatic carboxylic acids is 1. The molecule has 8 nitrogen and oxygen atoms in total. The van der Waals surface area contributed by atoms with Crippen molar-refractivity contribution in [1.82, 2.24) is 9.97 Å². The number of fused-ring (bicyclic) bond motifs is 1. The smallest absolute Gasteiger partial charge is 0.348 e. The van der Waals surface area contributed by atoms with Gasteiger partial charge in [-0.25, -0.2) is 19.6 Å². The van der Waals surface area contributed by atoms with Crippen LogP contribution in [0.3, 0.4) is 0 Å². The normalized spacial score (nSPS) is 13.5. The molecule has 0 aliphatic carbocycles. The molecule has 2 rings (SSSR count). The highest BCUT2D eigenvalue weighted by Crippen LogP contribution is 2.34. The summed E-state index contributed by atoms with van der Waals surface area (Å²) in [4.78, 5) is 32.7. The van der Waals surface area contributed by atoms with E-state index in [1.54, 1.807) is 20.8 Å². The standard InChI is InChI=1S/C15H19N3O5S/c1-5-23-13(19)10-7(2)9-11(16-6-15(4,22)14(20)21)17-8(3)18-12(9)24-10/h22H,5-6H2,1-4H3,(H,20,21)(H,16,17,18). The van der Waals surface area contributed by atoms with Crippen molar-refractivity contribution in [2.24, 2.45) is 0 Å². The summed E-state index contributed by atoms with van der Waals surface area (Å²) in [7, 11) is 0. The van der Waals surface area contributed by atoms with Gasteiger partial charge in [0.1, 0.15) is 21.3 Å². The Hall–Kier alpha value is -2.26. The van der Waals surface area contributed by atoms with Gasteiger partial charge in [-0.3, -0.25) is 0 Å². The van der Waals surface area contributed by atoms with Crippen LogP contribution in [-0.2, 0) is 9.53 Å². The fourth-order valence-corrected chi connectivity index (χ4v) is 3.22. The summed E-state index contributed by atoms with van der Waals surface area (Å²) in [5, 5.41) is 22.3. The quantitative estimate of drug-likeness (QED) is 0.671. The van der Waals surface area contributed by atoms with Crippen molar-refractivity contribution in [3.8, 4) is 0 Å². The molecule has 2 heterocycles. The predicted octanol–water partition coefficient (Wildman–Crippen LogP) is 1.73. The summed E-state index contributed by atoms with van der Waals surface area (Å²) in [6.07, 6.45) is 0. The lowest BCUT2D eigenvalue weighted by Gasteiger charge is -2.19. The van der Waals surface area contributed by atoms with Gasteiger partial charge in [0.25, 0.3) is 0 Å². The highest BCUT2D eigenvalue weighted by Gasteiger charge is 2.30. The van der Waals surface area contributed by atoms with Gasteiger partial charge in [0.05, 0.1) is 18.5 Å². The van der Waals surface area contributed by atoms with Crippen molar-refractivity contribution in [2.45, 2.75) is 33.3 Å². The number of nitrogens with one attached hydrogen (secondary N) is 1. The number of rotatable bonds is 6. The van der Waals surface area contributed by atoms with Gasteiger partial charge in [-0.1, -0.05) is 0 Å². The van der Waals surface area contributed by atoms with Crippen LogP contribution in [0.1, 0.15) is 34.9 Å². The number of nitrogens with zero attached hydrogens (tertiary/aromatic N) is 2. The second kappa shape index (κ2) is 6.70. The Morgan fingerprint density at radius 1 is 1.33 bits per heavy atom. The Morgan fingerprint density at radius 2 is 2.00 bits per heavy atom. The van der Waals surface area contributed by atoms with Crippen molar-refractivity contribution in [1.29, 1.82) is 0 Å². The number of aromatic nitrogens is 2. The van der Waals surface area contributed by atoms with Gasteiger partial charge in [-0.15, -0.1) is 11.3 Å². The van der Waals surface area contributed by atoms with Crippen LogP contribution in [0.25, 0.3) is 10.2 Å². The molecule has 0 saturated heterocycles. The Morgan fingerprint density at radius 3 is 2.58 bits per heavy atom. The summed E-state index contributed by atoms with van der Waals surface area (Å²) in [5.74, 6) is -0.926. The Balaban J connectivity index is 2.46. The lowest BCUT2D eigenvalue weighted by Crippen LogP contribution is -2.42. The zero-order valence-corrected chi connectivity index (χ0v) is 14.7. The lowest BCUT2D eigenvalue weighted by atomic mass is 10.1. The summed E-state index contributed by atoms with van der Waals surface area (Å²) < 4.78 is 5.04. The molecule has 0 saturated carbocycles. The molecule has 0 bridgehead atoms. The lowest BCUT2D eigenvalue weighted by molar-refractivity contribution is -0.155. The highest BCUT2D eigenvalue weighted by molar-refractivity contribution is 7.20. The van der Waals surface area contributed by atoms with Crippen molar-refractivity contribution < 1.29 is 24.5 Å². The first-order chi connectivity index (χ1) is 11.2. The Bertz CT molecular complexity index is 800. The molecule has 3 N–H and O–H groups in total. The molecule has 24 heavy (non-hydrogen) atoms. The van der Waals surface area contributed by atoms with Crippen LogP contribution < -0.4 is 5.32 Å². The Labute approximate surface area is 142 Å². The van der Waals surface area contributed by atoms with Crippen molar-refractivity contribution >= 4 is 39.3 Å². The maximum Gasteiger partial charge on any atom is 0.348 e. The molecule has 130 valence electrons. The average Bonchev–Trinajstić information content (AvgIpc) is 2.82. The molecule has 0 aromatic carbocycles. The van der Waals surface area contributed by atoms with Crippen LogP contribution in [-0.4, -0.2) is 50.9 Å². The molecule has 1 atom stereocenters. The Kier molecular flexibility index (Phi) is 5.05. The van der Waals surface area contributed by atoms with E-state index in [1.807, 2.05) is 0 Å². The summed E-state index contributed by atoms with van der Waals surface area (Å²) >= 11 is 1.20. The van der Waals surface area contributed by atoms with Gasteiger partial charge in [0.2, 0.25) is 0 Å². The molecule has 2 aromatic rings. The first-order valence-electron chi connectivity index (χ1n) is 7.32. The third-order valence-electron chi connectivity index (χ3n) is 3.42. The van der Waals surface area contributed by atoms with Gasteiger partial charge < -0.3 is 20.3 Å². The molecule has 0 amide bonds. The molecule has 2 aromatic heterocycles. The van der Waals surface area contributed by atoms with Gasteiger partial charge >= 0.3 is 11.9 Å². The number of anilines is 1. The number of aliphatic hydroxyl groups is 1. The van der Waals surface area contributed by atoms with Crippen LogP contribution >= 0.6 is 11.3 Å². The fraction of sp³-hybridized carbons (Fsp3) is 0.467. The van der Waals surface area contributed by atoms with E-state index in [4.69, 9.17) is 9.84 Å². The molecule has 0 aliphatic rings. The SMILES string of the molecule is CCOC(=O)c1sc2nc(C)nc(NCC(C)(O)C(=O)O)c2c1C. The number of carboxylic acid groups (broad SMARTS) is 1. The van der Waals surface area contributed by atoms with Crippen LogP contribution in [0.5, 0.6) is 0 Å². The van der Waals surface area contributed by atoms with E-state index in [1.165, 1.54) is 18.3 Å². The fourth-order valence-electron chi connectivity index (χ4n) is 2.10. The van der Waals surface area contributed by atoms with Gasteiger partial charge in [0.15, 0.2) is 5.60 Å². The molecular formula is C15H19N3O5S. The van der Waals surface area contributed by atoms with E-state index >= 15 is 0 Å². The minimum atomic E-state index is -1.95. The van der Waals surface area contributed by atoms with Gasteiger partial charge in [0, 0.05) is 0 Å². The molecule has 9 heteroatoms. The second-order valence-electron chi connectivity index (χ2n) is 5.51. The van der Waals surface area contributed by atoms with E-state index in [2.05, 4.69) is 15.3 Å². The molecule has 1 unspecified atom stereocenters. The molecular weight excluding hydrogens is 334 g/mol. The summed E-state index contributed by atoms with van der Waals surface area (Å²) in [6.45, 7) is 6.40. The van der Waals surface area contributed by atoms with Crippen LogP contribution in [0.4, 0.5) is 5.82 Å². The van der Waals surface area contributed by atoms with Crippen molar-refractivity contribution in [2.75, 3.05) is 18.5 Å². The third-order valence-corrected chi connectivity index (χ3v) is 4.59.